The molecule has 0 aliphatic heterocycles. The third-order valence-electron chi connectivity index (χ3n) is 2.36. The first kappa shape index (κ1) is 10.2. The highest BCUT2D eigenvalue weighted by atomic mass is 16.5. The van der Waals surface area contributed by atoms with E-state index in [0.29, 0.717) is 6.54 Å². The van der Waals surface area contributed by atoms with E-state index in [1.54, 1.807) is 7.11 Å². The molecule has 0 spiro atoms. The summed E-state index contributed by atoms with van der Waals surface area (Å²) in [7, 11) is 1.66. The van der Waals surface area contributed by atoms with Crippen molar-refractivity contribution in [2.24, 2.45) is 5.73 Å². The number of hydrogen-bond acceptors (Lipinski definition) is 3. The maximum absolute atomic E-state index is 5.63. The van der Waals surface area contributed by atoms with Crippen LogP contribution in [-0.4, -0.2) is 18.6 Å². The predicted octanol–water partition coefficient (Wildman–Crippen LogP) is 1.21. The fraction of sp³-hybridized carbons (Fsp3) is 0.500. The first-order chi connectivity index (χ1) is 6.12. The summed E-state index contributed by atoms with van der Waals surface area (Å²) < 4.78 is 5.35. The van der Waals surface area contributed by atoms with Crippen molar-refractivity contribution in [1.29, 1.82) is 0 Å². The van der Waals surface area contributed by atoms with Gasteiger partial charge in [-0.05, 0) is 19.9 Å². The lowest BCUT2D eigenvalue weighted by Gasteiger charge is -2.26. The molecule has 1 rings (SSSR count). The number of ether oxygens (including phenoxy) is 1. The van der Waals surface area contributed by atoms with E-state index >= 15 is 0 Å². The minimum absolute atomic E-state index is 0.416. The molecule has 1 aromatic rings. The van der Waals surface area contributed by atoms with Crippen LogP contribution in [0.4, 0.5) is 0 Å². The lowest BCUT2D eigenvalue weighted by Crippen LogP contribution is -2.33. The van der Waals surface area contributed by atoms with Gasteiger partial charge in [-0.2, -0.15) is 0 Å². The minimum Gasteiger partial charge on any atom is -0.372 e. The Hall–Kier alpha value is -0.930. The SMILES string of the molecule is COC(C)(CN)c1ccc(C)nc1. The van der Waals surface area contributed by atoms with E-state index in [2.05, 4.69) is 4.98 Å². The minimum atomic E-state index is -0.416. The monoisotopic (exact) mass is 180 g/mol. The Morgan fingerprint density at radius 2 is 2.23 bits per heavy atom. The Bertz CT molecular complexity index is 265. The molecule has 2 N–H and O–H groups in total. The van der Waals surface area contributed by atoms with Gasteiger partial charge in [0.15, 0.2) is 0 Å². The van der Waals surface area contributed by atoms with Crippen molar-refractivity contribution >= 4 is 0 Å². The van der Waals surface area contributed by atoms with Crippen molar-refractivity contribution in [3.8, 4) is 0 Å². The molecule has 0 bridgehead atoms. The van der Waals surface area contributed by atoms with E-state index in [0.717, 1.165) is 11.3 Å². The zero-order valence-corrected chi connectivity index (χ0v) is 8.37. The van der Waals surface area contributed by atoms with Crippen LogP contribution in [0.5, 0.6) is 0 Å². The van der Waals surface area contributed by atoms with Crippen LogP contribution in [0, 0.1) is 6.92 Å². The summed E-state index contributed by atoms with van der Waals surface area (Å²) in [6.07, 6.45) is 1.81. The molecule has 3 heteroatoms. The fourth-order valence-corrected chi connectivity index (χ4v) is 1.10. The summed E-state index contributed by atoms with van der Waals surface area (Å²) in [5, 5.41) is 0. The van der Waals surface area contributed by atoms with Crippen molar-refractivity contribution in [1.82, 2.24) is 4.98 Å². The molecule has 0 saturated carbocycles. The average Bonchev–Trinajstić information content (AvgIpc) is 2.18. The maximum atomic E-state index is 5.63. The van der Waals surface area contributed by atoms with Gasteiger partial charge in [0.25, 0.3) is 0 Å². The molecule has 1 heterocycles. The van der Waals surface area contributed by atoms with Crippen LogP contribution in [0.15, 0.2) is 18.3 Å². The van der Waals surface area contributed by atoms with Gasteiger partial charge in [0.1, 0.15) is 5.60 Å². The highest BCUT2D eigenvalue weighted by Crippen LogP contribution is 2.22. The molecule has 0 amide bonds. The standard InChI is InChI=1S/C10H16N2O/c1-8-4-5-9(6-12-8)10(2,7-11)13-3/h4-6H,7,11H2,1-3H3. The number of hydrogen-bond donors (Lipinski definition) is 1. The van der Waals surface area contributed by atoms with Crippen LogP contribution in [-0.2, 0) is 10.3 Å². The smallest absolute Gasteiger partial charge is 0.104 e. The van der Waals surface area contributed by atoms with Crippen molar-refractivity contribution in [2.75, 3.05) is 13.7 Å². The summed E-state index contributed by atoms with van der Waals surface area (Å²) in [4.78, 5) is 4.21. The van der Waals surface area contributed by atoms with Crippen molar-refractivity contribution in [2.45, 2.75) is 19.4 Å². The van der Waals surface area contributed by atoms with Gasteiger partial charge in [0, 0.05) is 31.1 Å². The normalized spacial score (nSPS) is 15.4. The van der Waals surface area contributed by atoms with Gasteiger partial charge >= 0.3 is 0 Å². The largest absolute Gasteiger partial charge is 0.372 e. The van der Waals surface area contributed by atoms with Crippen LogP contribution >= 0.6 is 0 Å². The molecule has 0 radical (unpaired) electrons. The highest BCUT2D eigenvalue weighted by molar-refractivity contribution is 5.20. The van der Waals surface area contributed by atoms with Crippen molar-refractivity contribution in [3.05, 3.63) is 29.6 Å². The van der Waals surface area contributed by atoms with E-state index in [4.69, 9.17) is 10.5 Å². The Kier molecular flexibility index (Phi) is 3.01. The van der Waals surface area contributed by atoms with Gasteiger partial charge in [-0.1, -0.05) is 6.07 Å². The van der Waals surface area contributed by atoms with Crippen LogP contribution in [0.25, 0.3) is 0 Å². The summed E-state index contributed by atoms with van der Waals surface area (Å²) in [5.74, 6) is 0. The number of nitrogens with two attached hydrogens (primary N) is 1. The highest BCUT2D eigenvalue weighted by Gasteiger charge is 2.24. The van der Waals surface area contributed by atoms with E-state index in [9.17, 15) is 0 Å². The van der Waals surface area contributed by atoms with Gasteiger partial charge < -0.3 is 10.5 Å². The van der Waals surface area contributed by atoms with Gasteiger partial charge in [-0.15, -0.1) is 0 Å². The Morgan fingerprint density at radius 1 is 1.54 bits per heavy atom. The van der Waals surface area contributed by atoms with Crippen LogP contribution in [0.1, 0.15) is 18.2 Å². The zero-order chi connectivity index (χ0) is 9.90. The molecule has 1 atom stereocenters. The number of rotatable bonds is 3. The zero-order valence-electron chi connectivity index (χ0n) is 8.37. The van der Waals surface area contributed by atoms with E-state index < -0.39 is 5.60 Å². The lowest BCUT2D eigenvalue weighted by atomic mass is 9.97. The number of methoxy groups -OCH3 is 1. The lowest BCUT2D eigenvalue weighted by molar-refractivity contribution is 0.00979. The van der Waals surface area contributed by atoms with Gasteiger partial charge in [-0.3, -0.25) is 4.98 Å². The van der Waals surface area contributed by atoms with Crippen LogP contribution in [0.2, 0.25) is 0 Å². The summed E-state index contributed by atoms with van der Waals surface area (Å²) in [6, 6.07) is 3.96. The Labute approximate surface area is 78.9 Å². The van der Waals surface area contributed by atoms with Gasteiger partial charge in [-0.25, -0.2) is 0 Å². The molecule has 0 fully saturated rings. The third kappa shape index (κ3) is 2.05. The number of nitrogens with zero attached hydrogens (tertiary/aromatic N) is 1. The Morgan fingerprint density at radius 3 is 2.62 bits per heavy atom. The molecule has 72 valence electrons. The molecule has 1 aromatic heterocycles. The number of aryl methyl sites for hydroxylation is 1. The molecular formula is C10H16N2O. The van der Waals surface area contributed by atoms with E-state index in [1.165, 1.54) is 0 Å². The summed E-state index contributed by atoms with van der Waals surface area (Å²) >= 11 is 0. The molecule has 0 saturated heterocycles. The van der Waals surface area contributed by atoms with Crippen LogP contribution in [0.3, 0.4) is 0 Å². The quantitative estimate of drug-likeness (QED) is 0.760. The predicted molar refractivity (Wildman–Crippen MR) is 52.4 cm³/mol. The van der Waals surface area contributed by atoms with Crippen molar-refractivity contribution < 1.29 is 4.74 Å². The molecule has 0 aromatic carbocycles. The van der Waals surface area contributed by atoms with Gasteiger partial charge in [0.05, 0.1) is 0 Å². The topological polar surface area (TPSA) is 48.1 Å². The maximum Gasteiger partial charge on any atom is 0.104 e. The second-order valence-corrected chi connectivity index (χ2v) is 3.33. The first-order valence-electron chi connectivity index (χ1n) is 4.31. The second-order valence-electron chi connectivity index (χ2n) is 3.33. The number of aromatic nitrogens is 1. The van der Waals surface area contributed by atoms with Gasteiger partial charge in [0.2, 0.25) is 0 Å². The summed E-state index contributed by atoms with van der Waals surface area (Å²) in [6.45, 7) is 4.37. The number of pyridine rings is 1. The third-order valence-corrected chi connectivity index (χ3v) is 2.36. The first-order valence-corrected chi connectivity index (χ1v) is 4.31. The molecular weight excluding hydrogens is 164 g/mol. The van der Waals surface area contributed by atoms with E-state index in [-0.39, 0.29) is 0 Å². The fourth-order valence-electron chi connectivity index (χ4n) is 1.10. The molecule has 0 aliphatic rings. The average molecular weight is 180 g/mol. The molecule has 0 aliphatic carbocycles. The summed E-state index contributed by atoms with van der Waals surface area (Å²) in [5.41, 5.74) is 7.23. The molecule has 3 nitrogen and oxygen atoms in total. The molecule has 13 heavy (non-hydrogen) atoms. The van der Waals surface area contributed by atoms with E-state index in [1.807, 2.05) is 32.2 Å². The van der Waals surface area contributed by atoms with Crippen LogP contribution < -0.4 is 5.73 Å². The molecule has 1 unspecified atom stereocenters. The second kappa shape index (κ2) is 3.85. The Balaban J connectivity index is 2.99. The van der Waals surface area contributed by atoms with Crippen molar-refractivity contribution in [3.63, 3.8) is 0 Å².